The Morgan fingerprint density at radius 1 is 1.16 bits per heavy atom. The first-order chi connectivity index (χ1) is 21.2. The summed E-state index contributed by atoms with van der Waals surface area (Å²) in [6.45, 7) is 4.35. The number of aromatic nitrogens is 3. The van der Waals surface area contributed by atoms with Crippen molar-refractivity contribution in [2.75, 3.05) is 45.7 Å². The number of phenols is 1. The Balaban J connectivity index is 1.30. The third kappa shape index (κ3) is 4.98. The normalized spacial score (nSPS) is 26.0. The highest BCUT2D eigenvalue weighted by atomic mass is 19.1. The molecule has 3 aromatic rings. The van der Waals surface area contributed by atoms with E-state index in [1.807, 2.05) is 6.07 Å². The molecular formula is C34H44F2N6O2. The molecule has 0 amide bonds. The number of aryl methyl sites for hydroxylation is 1. The van der Waals surface area contributed by atoms with Crippen LogP contribution in [0.25, 0.3) is 22.2 Å². The molecule has 0 radical (unpaired) electrons. The Morgan fingerprint density at radius 2 is 2.00 bits per heavy atom. The number of hydrogen-bond acceptors (Lipinski definition) is 8. The van der Waals surface area contributed by atoms with Crippen LogP contribution in [0.1, 0.15) is 81.8 Å². The molecule has 2 aromatic heterocycles. The summed E-state index contributed by atoms with van der Waals surface area (Å²) in [5, 5.41) is 14.6. The maximum atomic E-state index is 16.7. The molecule has 44 heavy (non-hydrogen) atoms. The molecular weight excluding hydrogens is 562 g/mol. The van der Waals surface area contributed by atoms with E-state index in [0.717, 1.165) is 69.0 Å². The molecule has 236 valence electrons. The summed E-state index contributed by atoms with van der Waals surface area (Å²) >= 11 is 0. The molecule has 1 saturated carbocycles. The first-order valence-electron chi connectivity index (χ1n) is 16.4. The van der Waals surface area contributed by atoms with Gasteiger partial charge in [-0.15, -0.1) is 0 Å². The van der Waals surface area contributed by atoms with Crippen molar-refractivity contribution < 1.29 is 18.6 Å². The average molecular weight is 607 g/mol. The second-order valence-electron chi connectivity index (χ2n) is 13.8. The van der Waals surface area contributed by atoms with Crippen LogP contribution in [0.15, 0.2) is 18.3 Å². The second kappa shape index (κ2) is 11.4. The Labute approximate surface area is 258 Å². The molecule has 7 rings (SSSR count). The van der Waals surface area contributed by atoms with Gasteiger partial charge in [-0.25, -0.2) is 8.78 Å². The largest absolute Gasteiger partial charge is 0.508 e. The van der Waals surface area contributed by atoms with Crippen LogP contribution in [-0.2, 0) is 6.42 Å². The van der Waals surface area contributed by atoms with Crippen molar-refractivity contribution in [3.8, 4) is 23.0 Å². The highest BCUT2D eigenvalue weighted by molar-refractivity contribution is 5.92. The second-order valence-corrected chi connectivity index (χ2v) is 13.8. The number of phenolic OH excluding ortho intramolecular Hbond substituents is 1. The third-order valence-corrected chi connectivity index (χ3v) is 11.1. The summed E-state index contributed by atoms with van der Waals surface area (Å²) in [6.07, 6.45) is 10.2. The highest BCUT2D eigenvalue weighted by Crippen LogP contribution is 2.44. The van der Waals surface area contributed by atoms with Gasteiger partial charge in [0.05, 0.1) is 10.9 Å². The summed E-state index contributed by atoms with van der Waals surface area (Å²) in [7, 11) is 4.18. The van der Waals surface area contributed by atoms with Crippen LogP contribution in [-0.4, -0.2) is 87.4 Å². The maximum absolute atomic E-state index is 16.7. The van der Waals surface area contributed by atoms with Gasteiger partial charge in [-0.3, -0.25) is 9.88 Å². The molecule has 4 heterocycles. The Kier molecular flexibility index (Phi) is 7.64. The number of ether oxygens (including phenoxy) is 1. The molecule has 8 nitrogen and oxygen atoms in total. The van der Waals surface area contributed by atoms with E-state index in [2.05, 4.69) is 46.1 Å². The van der Waals surface area contributed by atoms with Gasteiger partial charge in [0.25, 0.3) is 0 Å². The number of hydrogen-bond donors (Lipinski definition) is 2. The highest BCUT2D eigenvalue weighted by Gasteiger charge is 2.49. The Hall–Kier alpha value is -3.11. The average Bonchev–Trinajstić information content (AvgIpc) is 3.50. The van der Waals surface area contributed by atoms with Gasteiger partial charge in [0.2, 0.25) is 0 Å². The fraction of sp³-hybridized carbons (Fsp3) is 0.618. The molecule has 3 atom stereocenters. The number of rotatable bonds is 9. The molecule has 1 aromatic carbocycles. The fourth-order valence-electron chi connectivity index (χ4n) is 8.36. The predicted molar refractivity (Wildman–Crippen MR) is 168 cm³/mol. The monoisotopic (exact) mass is 606 g/mol. The van der Waals surface area contributed by atoms with Crippen LogP contribution in [0.3, 0.4) is 0 Å². The summed E-state index contributed by atoms with van der Waals surface area (Å²) in [5.74, 6) is 0.318. The van der Waals surface area contributed by atoms with E-state index >= 15 is 4.39 Å². The molecule has 2 aliphatic heterocycles. The SMILES string of the molecule is CCC1CCCc2cc(O)cc(-c3ncc4c(NCC5(N(C)C)CCC5)nc(OC[C@@]56CCCN5C[C@H](F)C6)nc4c3F)c21. The lowest BCUT2D eigenvalue weighted by molar-refractivity contribution is 0.0738. The number of nitrogens with one attached hydrogen (secondary N) is 1. The van der Waals surface area contributed by atoms with Crippen molar-refractivity contribution in [1.29, 1.82) is 0 Å². The summed E-state index contributed by atoms with van der Waals surface area (Å²) in [5.41, 5.74) is 2.71. The lowest BCUT2D eigenvalue weighted by Crippen LogP contribution is -2.54. The van der Waals surface area contributed by atoms with Crippen molar-refractivity contribution >= 4 is 16.7 Å². The molecule has 0 bridgehead atoms. The number of aromatic hydroxyl groups is 1. The van der Waals surface area contributed by atoms with Gasteiger partial charge < -0.3 is 20.1 Å². The minimum absolute atomic E-state index is 0.00327. The number of pyridine rings is 1. The molecule has 2 N–H and O–H groups in total. The third-order valence-electron chi connectivity index (χ3n) is 11.1. The van der Waals surface area contributed by atoms with Gasteiger partial charge in [0.1, 0.15) is 35.6 Å². The predicted octanol–water partition coefficient (Wildman–Crippen LogP) is 6.22. The van der Waals surface area contributed by atoms with Crippen LogP contribution in [0.4, 0.5) is 14.6 Å². The molecule has 3 fully saturated rings. The topological polar surface area (TPSA) is 86.6 Å². The number of halogens is 2. The summed E-state index contributed by atoms with van der Waals surface area (Å²) in [6, 6.07) is 3.53. The standard InChI is InChI=1S/C34H44F2N6O2/c1-4-21-8-5-9-22-14-24(43)15-25(27(21)22)29-28(36)30-26(17-37-29)31(38-19-33(41(2)3)10-6-11-33)40-32(39-30)44-20-34-12-7-13-42(34)18-23(35)16-34/h14-15,17,21,23,43H,4-13,16,18-20H2,1-3H3,(H,38,39,40)/t21?,23-,34+/m1/s1. The van der Waals surface area contributed by atoms with Gasteiger partial charge in [0, 0.05) is 36.8 Å². The Bertz CT molecular complexity index is 1560. The molecule has 2 aliphatic carbocycles. The molecule has 4 aliphatic rings. The van der Waals surface area contributed by atoms with Crippen LogP contribution < -0.4 is 10.1 Å². The van der Waals surface area contributed by atoms with Gasteiger partial charge >= 0.3 is 6.01 Å². The zero-order valence-electron chi connectivity index (χ0n) is 26.1. The Morgan fingerprint density at radius 3 is 2.75 bits per heavy atom. The first-order valence-corrected chi connectivity index (χ1v) is 16.4. The minimum atomic E-state index is -0.871. The van der Waals surface area contributed by atoms with Crippen molar-refractivity contribution in [3.05, 3.63) is 35.3 Å². The molecule has 10 heteroatoms. The van der Waals surface area contributed by atoms with Crippen molar-refractivity contribution in [2.24, 2.45) is 0 Å². The minimum Gasteiger partial charge on any atom is -0.508 e. The van der Waals surface area contributed by atoms with Crippen molar-refractivity contribution in [1.82, 2.24) is 24.8 Å². The molecule has 0 spiro atoms. The smallest absolute Gasteiger partial charge is 0.319 e. The van der Waals surface area contributed by atoms with Gasteiger partial charge in [0.15, 0.2) is 5.82 Å². The summed E-state index contributed by atoms with van der Waals surface area (Å²) in [4.78, 5) is 18.5. The molecule has 2 saturated heterocycles. The van der Waals surface area contributed by atoms with E-state index in [-0.39, 0.29) is 46.6 Å². The van der Waals surface area contributed by atoms with E-state index in [9.17, 15) is 9.50 Å². The van der Waals surface area contributed by atoms with Crippen molar-refractivity contribution in [2.45, 2.75) is 94.3 Å². The van der Waals surface area contributed by atoms with Crippen LogP contribution in [0.2, 0.25) is 0 Å². The van der Waals surface area contributed by atoms with Crippen LogP contribution in [0, 0.1) is 5.82 Å². The lowest BCUT2D eigenvalue weighted by atomic mass is 9.75. The number of benzene rings is 1. The van der Waals surface area contributed by atoms with Gasteiger partial charge in [-0.2, -0.15) is 9.97 Å². The quantitative estimate of drug-likeness (QED) is 0.297. The van der Waals surface area contributed by atoms with Crippen LogP contribution >= 0.6 is 0 Å². The number of fused-ring (bicyclic) bond motifs is 3. The van der Waals surface area contributed by atoms with Crippen molar-refractivity contribution in [3.63, 3.8) is 0 Å². The van der Waals surface area contributed by atoms with E-state index in [1.54, 1.807) is 12.3 Å². The fourth-order valence-corrected chi connectivity index (χ4v) is 8.36. The lowest BCUT2D eigenvalue weighted by Gasteiger charge is -2.47. The summed E-state index contributed by atoms with van der Waals surface area (Å²) < 4.78 is 37.4. The van der Waals surface area contributed by atoms with E-state index in [0.29, 0.717) is 36.3 Å². The first kappa shape index (κ1) is 29.6. The van der Waals surface area contributed by atoms with Gasteiger partial charge in [-0.05, 0) is 108 Å². The molecule has 1 unspecified atom stereocenters. The van der Waals surface area contributed by atoms with Crippen LogP contribution in [0.5, 0.6) is 11.8 Å². The van der Waals surface area contributed by atoms with E-state index in [4.69, 9.17) is 9.72 Å². The van der Waals surface area contributed by atoms with E-state index in [1.165, 1.54) is 6.42 Å². The maximum Gasteiger partial charge on any atom is 0.319 e. The number of anilines is 1. The zero-order chi connectivity index (χ0) is 30.6. The zero-order valence-corrected chi connectivity index (χ0v) is 26.1. The van der Waals surface area contributed by atoms with E-state index < -0.39 is 12.0 Å². The number of likely N-dealkylation sites (N-methyl/N-ethyl adjacent to an activating group) is 1. The number of nitrogens with zero attached hydrogens (tertiary/aromatic N) is 5. The number of alkyl halides is 1. The van der Waals surface area contributed by atoms with Gasteiger partial charge in [-0.1, -0.05) is 6.92 Å².